The molecule has 0 fully saturated rings. The highest BCUT2D eigenvalue weighted by Gasteiger charge is 2.24. The van der Waals surface area contributed by atoms with Crippen LogP contribution in [0.1, 0.15) is 5.56 Å². The molecule has 0 radical (unpaired) electrons. The third-order valence-electron chi connectivity index (χ3n) is 3.74. The molecule has 0 aromatic heterocycles. The molecule has 2 rings (SSSR count). The Morgan fingerprint density at radius 2 is 1.50 bits per heavy atom. The second-order valence-corrected chi connectivity index (χ2v) is 9.63. The van der Waals surface area contributed by atoms with Crippen molar-refractivity contribution in [3.8, 4) is 0 Å². The van der Waals surface area contributed by atoms with Gasteiger partial charge in [0.1, 0.15) is 0 Å². The molecule has 9 heteroatoms. The van der Waals surface area contributed by atoms with Gasteiger partial charge < -0.3 is 5.73 Å². The Bertz CT molecular complexity index is 917. The SMILES string of the molecule is CS(=O)(=O)c1cccc(S(=O)(=O)N(CCN)CCc2ccccc2)c1.Cl. The third kappa shape index (κ3) is 5.78. The summed E-state index contributed by atoms with van der Waals surface area (Å²) >= 11 is 0. The van der Waals surface area contributed by atoms with Gasteiger partial charge in [0, 0.05) is 25.9 Å². The molecule has 6 nitrogen and oxygen atoms in total. The van der Waals surface area contributed by atoms with Gasteiger partial charge in [0.25, 0.3) is 0 Å². The number of halogens is 1. The van der Waals surface area contributed by atoms with E-state index >= 15 is 0 Å². The summed E-state index contributed by atoms with van der Waals surface area (Å²) in [5.74, 6) is 0. The maximum atomic E-state index is 12.9. The summed E-state index contributed by atoms with van der Waals surface area (Å²) in [5, 5.41) is 0. The zero-order valence-electron chi connectivity index (χ0n) is 14.4. The average molecular weight is 419 g/mol. The molecule has 0 heterocycles. The second kappa shape index (κ2) is 9.48. The molecule has 0 aliphatic rings. The van der Waals surface area contributed by atoms with Gasteiger partial charge >= 0.3 is 0 Å². The maximum Gasteiger partial charge on any atom is 0.243 e. The zero-order chi connectivity index (χ0) is 18.5. The van der Waals surface area contributed by atoms with Crippen LogP contribution in [0.5, 0.6) is 0 Å². The summed E-state index contributed by atoms with van der Waals surface area (Å²) < 4.78 is 50.5. The van der Waals surface area contributed by atoms with Crippen molar-refractivity contribution >= 4 is 32.3 Å². The van der Waals surface area contributed by atoms with Gasteiger partial charge in [0.15, 0.2) is 9.84 Å². The molecular weight excluding hydrogens is 396 g/mol. The van der Waals surface area contributed by atoms with E-state index in [1.807, 2.05) is 30.3 Å². The van der Waals surface area contributed by atoms with Crippen molar-refractivity contribution in [2.24, 2.45) is 5.73 Å². The first-order valence-electron chi connectivity index (χ1n) is 7.79. The van der Waals surface area contributed by atoms with Crippen LogP contribution in [-0.2, 0) is 26.3 Å². The van der Waals surface area contributed by atoms with Crippen molar-refractivity contribution in [3.63, 3.8) is 0 Å². The average Bonchev–Trinajstić information content (AvgIpc) is 2.58. The van der Waals surface area contributed by atoms with Crippen molar-refractivity contribution in [2.45, 2.75) is 16.2 Å². The van der Waals surface area contributed by atoms with Crippen LogP contribution in [0.4, 0.5) is 0 Å². The lowest BCUT2D eigenvalue weighted by Crippen LogP contribution is -2.37. The second-order valence-electron chi connectivity index (χ2n) is 5.68. The molecule has 144 valence electrons. The Kier molecular flexibility index (Phi) is 8.23. The Labute approximate surface area is 161 Å². The van der Waals surface area contributed by atoms with Gasteiger partial charge in [-0.15, -0.1) is 12.4 Å². The van der Waals surface area contributed by atoms with Crippen LogP contribution >= 0.6 is 12.4 Å². The number of hydrogen-bond donors (Lipinski definition) is 1. The van der Waals surface area contributed by atoms with Gasteiger partial charge in [-0.1, -0.05) is 36.4 Å². The highest BCUT2D eigenvalue weighted by molar-refractivity contribution is 7.91. The first-order chi connectivity index (χ1) is 11.7. The van der Waals surface area contributed by atoms with Crippen LogP contribution in [0.25, 0.3) is 0 Å². The van der Waals surface area contributed by atoms with Gasteiger partial charge in [-0.2, -0.15) is 4.31 Å². The molecule has 0 spiro atoms. The molecule has 2 aromatic carbocycles. The number of hydrogen-bond acceptors (Lipinski definition) is 5. The molecule has 0 aliphatic heterocycles. The summed E-state index contributed by atoms with van der Waals surface area (Å²) in [5.41, 5.74) is 6.59. The minimum absolute atomic E-state index is 0. The van der Waals surface area contributed by atoms with E-state index in [1.54, 1.807) is 0 Å². The van der Waals surface area contributed by atoms with E-state index in [4.69, 9.17) is 5.73 Å². The van der Waals surface area contributed by atoms with Crippen LogP contribution in [0.15, 0.2) is 64.4 Å². The molecule has 0 saturated carbocycles. The third-order valence-corrected chi connectivity index (χ3v) is 6.75. The number of sulfonamides is 1. The topological polar surface area (TPSA) is 97.5 Å². The fourth-order valence-corrected chi connectivity index (χ4v) is 4.65. The smallest absolute Gasteiger partial charge is 0.243 e. The molecule has 2 aromatic rings. The van der Waals surface area contributed by atoms with Crippen molar-refractivity contribution in [1.29, 1.82) is 0 Å². The van der Waals surface area contributed by atoms with Crippen molar-refractivity contribution in [3.05, 3.63) is 60.2 Å². The van der Waals surface area contributed by atoms with Crippen molar-refractivity contribution < 1.29 is 16.8 Å². The quantitative estimate of drug-likeness (QED) is 0.703. The van der Waals surface area contributed by atoms with Crippen LogP contribution < -0.4 is 5.73 Å². The zero-order valence-corrected chi connectivity index (χ0v) is 16.9. The van der Waals surface area contributed by atoms with E-state index < -0.39 is 19.9 Å². The number of rotatable bonds is 8. The normalized spacial score (nSPS) is 12.0. The fraction of sp³-hybridized carbons (Fsp3) is 0.294. The van der Waals surface area contributed by atoms with Gasteiger partial charge in [-0.3, -0.25) is 0 Å². The summed E-state index contributed by atoms with van der Waals surface area (Å²) in [6.07, 6.45) is 1.59. The summed E-state index contributed by atoms with van der Waals surface area (Å²) in [7, 11) is -7.31. The van der Waals surface area contributed by atoms with Crippen LogP contribution in [0.3, 0.4) is 0 Å². The predicted octanol–water partition coefficient (Wildman–Crippen LogP) is 1.70. The number of nitrogens with two attached hydrogens (primary N) is 1. The Morgan fingerprint density at radius 1 is 0.885 bits per heavy atom. The molecule has 0 unspecified atom stereocenters. The molecule has 26 heavy (non-hydrogen) atoms. The maximum absolute atomic E-state index is 12.9. The molecule has 0 amide bonds. The van der Waals surface area contributed by atoms with Gasteiger partial charge in [-0.05, 0) is 30.2 Å². The van der Waals surface area contributed by atoms with E-state index in [0.29, 0.717) is 6.42 Å². The predicted molar refractivity (Wildman–Crippen MR) is 105 cm³/mol. The lowest BCUT2D eigenvalue weighted by atomic mass is 10.1. The van der Waals surface area contributed by atoms with E-state index in [2.05, 4.69) is 0 Å². The van der Waals surface area contributed by atoms with E-state index in [0.717, 1.165) is 11.8 Å². The molecule has 0 saturated heterocycles. The standard InChI is InChI=1S/C17H22N2O4S2.ClH/c1-24(20,21)16-8-5-9-17(14-16)25(22,23)19(13-11-18)12-10-15-6-3-2-4-7-15;/h2-9,14H,10-13,18H2,1H3;1H. The highest BCUT2D eigenvalue weighted by atomic mass is 35.5. The monoisotopic (exact) mass is 418 g/mol. The summed E-state index contributed by atoms with van der Waals surface area (Å²) in [4.78, 5) is -0.0683. The first-order valence-corrected chi connectivity index (χ1v) is 11.1. The minimum Gasteiger partial charge on any atom is -0.329 e. The molecule has 2 N–H and O–H groups in total. The Balaban J connectivity index is 0.00000338. The van der Waals surface area contributed by atoms with E-state index in [1.165, 1.54) is 28.6 Å². The molecule has 0 bridgehead atoms. The Hall–Kier alpha value is -1.45. The molecule has 0 atom stereocenters. The first kappa shape index (κ1) is 22.6. The van der Waals surface area contributed by atoms with Crippen molar-refractivity contribution in [2.75, 3.05) is 25.9 Å². The van der Waals surface area contributed by atoms with Crippen LogP contribution in [0, 0.1) is 0 Å². The van der Waals surface area contributed by atoms with E-state index in [-0.39, 0.29) is 41.8 Å². The van der Waals surface area contributed by atoms with Gasteiger partial charge in [-0.25, -0.2) is 16.8 Å². The Morgan fingerprint density at radius 3 is 2.08 bits per heavy atom. The molecular formula is C17H23ClN2O4S2. The summed E-state index contributed by atoms with van der Waals surface area (Å²) in [6.45, 7) is 0.616. The van der Waals surface area contributed by atoms with E-state index in [9.17, 15) is 16.8 Å². The lowest BCUT2D eigenvalue weighted by Gasteiger charge is -2.22. The molecule has 0 aliphatic carbocycles. The van der Waals surface area contributed by atoms with Crippen LogP contribution in [-0.4, -0.2) is 47.0 Å². The fourth-order valence-electron chi connectivity index (χ4n) is 2.41. The number of sulfone groups is 1. The lowest BCUT2D eigenvalue weighted by molar-refractivity contribution is 0.421. The summed E-state index contributed by atoms with van der Waals surface area (Å²) in [6, 6.07) is 14.9. The van der Waals surface area contributed by atoms with Gasteiger partial charge in [0.2, 0.25) is 10.0 Å². The minimum atomic E-state index is -3.83. The number of nitrogens with zero attached hydrogens (tertiary/aromatic N) is 1. The largest absolute Gasteiger partial charge is 0.329 e. The highest BCUT2D eigenvalue weighted by Crippen LogP contribution is 2.20. The number of benzene rings is 2. The van der Waals surface area contributed by atoms with Crippen LogP contribution in [0.2, 0.25) is 0 Å². The van der Waals surface area contributed by atoms with Gasteiger partial charge in [0.05, 0.1) is 9.79 Å². The van der Waals surface area contributed by atoms with Crippen molar-refractivity contribution in [1.82, 2.24) is 4.31 Å².